The third kappa shape index (κ3) is 22.9. The monoisotopic (exact) mass is 823 g/mol. The van der Waals surface area contributed by atoms with Crippen molar-refractivity contribution < 1.29 is 19.2 Å². The summed E-state index contributed by atoms with van der Waals surface area (Å²) in [4.78, 5) is 56.1. The first kappa shape index (κ1) is 53.7. The largest absolute Gasteiger partial charge is 0.354 e. The molecule has 14 nitrogen and oxygen atoms in total. The number of imide groups is 1. The molecule has 0 spiro atoms. The Labute approximate surface area is 355 Å². The molecule has 58 heavy (non-hydrogen) atoms. The van der Waals surface area contributed by atoms with Crippen LogP contribution in [0.25, 0.3) is 0 Å². The van der Waals surface area contributed by atoms with Gasteiger partial charge in [-0.3, -0.25) is 44.2 Å². The maximum absolute atomic E-state index is 11.0. The maximum Gasteiger partial charge on any atom is 0.317 e. The van der Waals surface area contributed by atoms with Gasteiger partial charge in [0.15, 0.2) is 0 Å². The predicted octanol–water partition coefficient (Wildman–Crippen LogP) is 4.05. The number of likely N-dealkylation sites (N-methyl/N-ethyl adjacent to an activating group) is 1. The molecule has 0 aromatic carbocycles. The number of likely N-dealkylation sites (tertiary alicyclic amines) is 2. The van der Waals surface area contributed by atoms with Crippen LogP contribution in [0, 0.1) is 0 Å². The highest BCUT2D eigenvalue weighted by molar-refractivity contribution is 5.99. The first-order valence-corrected chi connectivity index (χ1v) is 22.2. The highest BCUT2D eigenvalue weighted by Crippen LogP contribution is 2.20. The Bertz CT molecular complexity index is 1160. The molecule has 5 amide bonds. The van der Waals surface area contributed by atoms with Gasteiger partial charge in [0.25, 0.3) is 0 Å². The Kier molecular flexibility index (Phi) is 23.5. The van der Waals surface area contributed by atoms with Gasteiger partial charge in [-0.25, -0.2) is 4.79 Å². The molecule has 0 aromatic heterocycles. The fraction of sp³-hybridized carbons (Fsp3) is 0.909. The number of rotatable bonds is 1. The van der Waals surface area contributed by atoms with E-state index in [2.05, 4.69) is 124 Å². The van der Waals surface area contributed by atoms with Gasteiger partial charge in [0.2, 0.25) is 17.7 Å². The lowest BCUT2D eigenvalue weighted by Gasteiger charge is -2.38. The van der Waals surface area contributed by atoms with Crippen molar-refractivity contribution in [2.24, 2.45) is 0 Å². The molecular weight excluding hydrogens is 733 g/mol. The van der Waals surface area contributed by atoms with Crippen LogP contribution in [0.2, 0.25) is 0 Å². The normalized spacial score (nSPS) is 22.0. The first-order valence-electron chi connectivity index (χ1n) is 22.2. The van der Waals surface area contributed by atoms with Crippen molar-refractivity contribution >= 4 is 23.8 Å². The molecule has 0 aromatic rings. The van der Waals surface area contributed by atoms with Gasteiger partial charge in [0.1, 0.15) is 0 Å². The summed E-state index contributed by atoms with van der Waals surface area (Å²) >= 11 is 0. The molecular formula is C44H90N10O4. The number of amides is 5. The summed E-state index contributed by atoms with van der Waals surface area (Å²) in [5, 5.41) is 11.1. The van der Waals surface area contributed by atoms with Gasteiger partial charge < -0.3 is 20.9 Å². The number of carbonyl (C=O) groups is 4. The van der Waals surface area contributed by atoms with E-state index >= 15 is 0 Å². The van der Waals surface area contributed by atoms with Crippen molar-refractivity contribution in [3.05, 3.63) is 0 Å². The highest BCUT2D eigenvalue weighted by atomic mass is 16.2. The second kappa shape index (κ2) is 25.4. The third-order valence-corrected chi connectivity index (χ3v) is 11.0. The first-order chi connectivity index (χ1) is 26.7. The Morgan fingerprint density at radius 1 is 0.448 bits per heavy atom. The number of hydrogen-bond acceptors (Lipinski definition) is 10. The molecule has 6 saturated heterocycles. The van der Waals surface area contributed by atoms with Gasteiger partial charge in [-0.1, -0.05) is 6.42 Å². The molecule has 0 unspecified atom stereocenters. The van der Waals surface area contributed by atoms with E-state index in [-0.39, 0.29) is 29.3 Å². The van der Waals surface area contributed by atoms with Crippen molar-refractivity contribution in [2.45, 2.75) is 157 Å². The smallest absolute Gasteiger partial charge is 0.317 e. The molecule has 0 saturated carbocycles. The summed E-state index contributed by atoms with van der Waals surface area (Å²) in [5.41, 5.74) is 1.30. The lowest BCUT2D eigenvalue weighted by atomic mass is 10.0. The van der Waals surface area contributed by atoms with Crippen LogP contribution < -0.4 is 21.3 Å². The lowest BCUT2D eigenvalue weighted by molar-refractivity contribution is -0.135. The lowest BCUT2D eigenvalue weighted by Crippen LogP contribution is -2.54. The fourth-order valence-electron chi connectivity index (χ4n) is 7.26. The van der Waals surface area contributed by atoms with E-state index in [9.17, 15) is 19.2 Å². The average molecular weight is 823 g/mol. The average Bonchev–Trinajstić information content (AvgIpc) is 3.82. The number of nitrogens with zero attached hydrogens (tertiary/aromatic N) is 6. The van der Waals surface area contributed by atoms with Crippen LogP contribution in [-0.4, -0.2) is 187 Å². The minimum atomic E-state index is -0.214. The van der Waals surface area contributed by atoms with E-state index in [1.807, 2.05) is 18.7 Å². The van der Waals surface area contributed by atoms with E-state index < -0.39 is 0 Å². The number of hydrogen-bond donors (Lipinski definition) is 4. The van der Waals surface area contributed by atoms with Crippen LogP contribution in [0.3, 0.4) is 0 Å². The standard InChI is InChI=1S/C9H19N.C8H16N2O.C8H18N2.C8H17N.C6H12N2O.C5H8N2O2/c1-9(2,3)10-7-5-4-6-8-10;1-8(2,3)10-5-4-9-7(11)6-10;1-8(2,3)10-6-4-9-5-7-10;1-8(2,3)9-6-4-5-7-9;1-5(2)8-4-3-7-6(8)9;1-7-2-4(8)6-5(9)3-7/h4-8H2,1-3H3;4-6H2,1-3H3,(H,9,11);9H,4-7H2,1-3H3;4-7H2,1-3H3;5H,3-4H2,1-2H3,(H,7,9);2-3H2,1H3,(H,6,8,9). The molecule has 6 aliphatic heterocycles. The predicted molar refractivity (Wildman–Crippen MR) is 240 cm³/mol. The van der Waals surface area contributed by atoms with E-state index in [4.69, 9.17) is 0 Å². The Balaban J connectivity index is 0.000000349. The SMILES string of the molecule is CC(C)(C)N1CCCC1.CC(C)(C)N1CCCCC1.CC(C)(C)N1CCNC(=O)C1.CC(C)(C)N1CCNCC1.CC(C)N1CCNC1=O.CN1CC(=O)NC(=O)C1. The van der Waals surface area contributed by atoms with Gasteiger partial charge in [0, 0.05) is 80.6 Å². The number of piperazine rings is 3. The molecule has 0 radical (unpaired) electrons. The molecule has 340 valence electrons. The molecule has 4 N–H and O–H groups in total. The van der Waals surface area contributed by atoms with E-state index in [0.29, 0.717) is 42.3 Å². The summed E-state index contributed by atoms with van der Waals surface area (Å²) in [7, 11) is 1.73. The number of nitrogens with one attached hydrogen (secondary N) is 4. The quantitative estimate of drug-likeness (QED) is 0.287. The summed E-state index contributed by atoms with van der Waals surface area (Å²) in [5.74, 6) is -0.284. The van der Waals surface area contributed by atoms with Crippen molar-refractivity contribution in [1.82, 2.24) is 50.7 Å². The molecule has 6 fully saturated rings. The van der Waals surface area contributed by atoms with Crippen LogP contribution in [-0.2, 0) is 14.4 Å². The van der Waals surface area contributed by atoms with Crippen LogP contribution in [0.15, 0.2) is 0 Å². The molecule has 0 aliphatic carbocycles. The van der Waals surface area contributed by atoms with Gasteiger partial charge >= 0.3 is 6.03 Å². The Morgan fingerprint density at radius 3 is 1.10 bits per heavy atom. The number of carbonyl (C=O) groups excluding carboxylic acids is 4. The molecule has 6 heterocycles. The van der Waals surface area contributed by atoms with Gasteiger partial charge in [0.05, 0.1) is 19.6 Å². The Morgan fingerprint density at radius 2 is 0.828 bits per heavy atom. The molecule has 0 atom stereocenters. The topological polar surface area (TPSA) is 136 Å². The third-order valence-electron chi connectivity index (χ3n) is 11.0. The molecule has 6 aliphatic rings. The maximum atomic E-state index is 11.0. The van der Waals surface area contributed by atoms with E-state index in [1.54, 1.807) is 11.9 Å². The van der Waals surface area contributed by atoms with Gasteiger partial charge in [-0.2, -0.15) is 0 Å². The number of piperidine rings is 1. The van der Waals surface area contributed by atoms with Crippen LogP contribution in [0.5, 0.6) is 0 Å². The Hall–Kier alpha value is -2.36. The van der Waals surface area contributed by atoms with Crippen LogP contribution >= 0.6 is 0 Å². The zero-order valence-corrected chi connectivity index (χ0v) is 40.0. The summed E-state index contributed by atoms with van der Waals surface area (Å²) in [6.45, 7) is 45.6. The van der Waals surface area contributed by atoms with Crippen molar-refractivity contribution in [3.8, 4) is 0 Å². The highest BCUT2D eigenvalue weighted by Gasteiger charge is 2.27. The number of urea groups is 1. The van der Waals surface area contributed by atoms with E-state index in [0.717, 1.165) is 39.3 Å². The van der Waals surface area contributed by atoms with E-state index in [1.165, 1.54) is 71.4 Å². The zero-order chi connectivity index (χ0) is 44.3. The zero-order valence-electron chi connectivity index (χ0n) is 40.0. The van der Waals surface area contributed by atoms with Gasteiger partial charge in [-0.05, 0) is 156 Å². The minimum Gasteiger partial charge on any atom is -0.354 e. The molecule has 14 heteroatoms. The van der Waals surface area contributed by atoms with Crippen LogP contribution in [0.1, 0.15) is 129 Å². The van der Waals surface area contributed by atoms with Gasteiger partial charge in [-0.15, -0.1) is 0 Å². The van der Waals surface area contributed by atoms with Crippen molar-refractivity contribution in [1.29, 1.82) is 0 Å². The second-order valence-electron chi connectivity index (χ2n) is 20.6. The minimum absolute atomic E-state index is 0.0741. The van der Waals surface area contributed by atoms with Crippen molar-refractivity contribution in [2.75, 3.05) is 105 Å². The summed E-state index contributed by atoms with van der Waals surface area (Å²) in [6, 6.07) is 0.414. The summed E-state index contributed by atoms with van der Waals surface area (Å²) in [6.07, 6.45) is 7.04. The fourth-order valence-corrected chi connectivity index (χ4v) is 7.26. The molecule has 6 rings (SSSR count). The van der Waals surface area contributed by atoms with Crippen molar-refractivity contribution in [3.63, 3.8) is 0 Å². The molecule has 0 bridgehead atoms. The van der Waals surface area contributed by atoms with Crippen LogP contribution in [0.4, 0.5) is 4.79 Å². The second-order valence-corrected chi connectivity index (χ2v) is 20.6. The summed E-state index contributed by atoms with van der Waals surface area (Å²) < 4.78 is 0.